The zero-order chi connectivity index (χ0) is 15.1. The number of hydrogen-bond donors (Lipinski definition) is 2. The highest BCUT2D eigenvalue weighted by Crippen LogP contribution is 2.11. The minimum atomic E-state index is -0.474. The van der Waals surface area contributed by atoms with Crippen molar-refractivity contribution < 1.29 is 9.18 Å². The Balaban J connectivity index is 2.16. The van der Waals surface area contributed by atoms with E-state index in [9.17, 15) is 9.18 Å². The molecule has 0 radical (unpaired) electrons. The average Bonchev–Trinajstić information content (AvgIpc) is 2.52. The highest BCUT2D eigenvalue weighted by Gasteiger charge is 2.11. The summed E-state index contributed by atoms with van der Waals surface area (Å²) in [6, 6.07) is 13.4. The van der Waals surface area contributed by atoms with Gasteiger partial charge in [0, 0.05) is 12.1 Å². The van der Waals surface area contributed by atoms with E-state index in [-0.39, 0.29) is 18.0 Å². The third-order valence-electron chi connectivity index (χ3n) is 2.85. The van der Waals surface area contributed by atoms with Gasteiger partial charge in [0.05, 0.1) is 12.1 Å². The number of rotatable bonds is 3. The summed E-state index contributed by atoms with van der Waals surface area (Å²) in [5, 5.41) is 2.75. The van der Waals surface area contributed by atoms with Gasteiger partial charge in [0.25, 0.3) is 5.91 Å². The number of halogens is 1. The number of carbonyl (C=O) groups is 1. The Kier molecular flexibility index (Phi) is 5.08. The van der Waals surface area contributed by atoms with E-state index in [1.54, 1.807) is 0 Å². The van der Waals surface area contributed by atoms with Crippen molar-refractivity contribution in [1.29, 1.82) is 0 Å². The van der Waals surface area contributed by atoms with E-state index in [0.717, 1.165) is 5.56 Å². The van der Waals surface area contributed by atoms with Crippen molar-refractivity contribution in [1.82, 2.24) is 5.32 Å². The number of amides is 1. The summed E-state index contributed by atoms with van der Waals surface area (Å²) in [5.74, 6) is 4.61. The van der Waals surface area contributed by atoms with E-state index in [2.05, 4.69) is 17.2 Å². The fraction of sp³-hybridized carbons (Fsp3) is 0.118. The zero-order valence-corrected chi connectivity index (χ0v) is 11.4. The maximum absolute atomic E-state index is 13.3. The molecule has 2 aromatic rings. The Labute approximate surface area is 123 Å². The van der Waals surface area contributed by atoms with E-state index in [0.29, 0.717) is 12.1 Å². The molecule has 3 N–H and O–H groups in total. The zero-order valence-electron chi connectivity index (χ0n) is 11.4. The molecule has 0 atom stereocenters. The summed E-state index contributed by atoms with van der Waals surface area (Å²) in [5.41, 5.74) is 6.97. The molecule has 0 saturated carbocycles. The lowest BCUT2D eigenvalue weighted by atomic mass is 10.1. The molecule has 0 aliphatic rings. The average molecular weight is 282 g/mol. The molecule has 0 spiro atoms. The van der Waals surface area contributed by atoms with Crippen molar-refractivity contribution in [2.75, 3.05) is 6.54 Å². The first-order chi connectivity index (χ1) is 10.2. The van der Waals surface area contributed by atoms with Gasteiger partial charge in [-0.15, -0.1) is 0 Å². The number of nitrogens with two attached hydrogens (primary N) is 1. The predicted octanol–water partition coefficient (Wildman–Crippen LogP) is 2.07. The van der Waals surface area contributed by atoms with Crippen molar-refractivity contribution in [2.24, 2.45) is 5.73 Å². The SMILES string of the molecule is NCC#Cc1ccc(F)cc1C(=O)NCc1ccccc1. The summed E-state index contributed by atoms with van der Waals surface area (Å²) in [6.45, 7) is 0.558. The molecule has 106 valence electrons. The van der Waals surface area contributed by atoms with Gasteiger partial charge in [0.2, 0.25) is 0 Å². The molecule has 0 unspecified atom stereocenters. The molecule has 2 rings (SSSR count). The van der Waals surface area contributed by atoms with Gasteiger partial charge in [-0.25, -0.2) is 4.39 Å². The second-order valence-corrected chi connectivity index (χ2v) is 4.36. The van der Waals surface area contributed by atoms with E-state index < -0.39 is 5.82 Å². The number of nitrogens with one attached hydrogen (secondary N) is 1. The molecule has 21 heavy (non-hydrogen) atoms. The summed E-state index contributed by atoms with van der Waals surface area (Å²) >= 11 is 0. The second-order valence-electron chi connectivity index (χ2n) is 4.36. The Bertz CT molecular complexity index is 687. The van der Waals surface area contributed by atoms with Crippen LogP contribution < -0.4 is 11.1 Å². The molecule has 2 aromatic carbocycles. The van der Waals surface area contributed by atoms with E-state index in [1.165, 1.54) is 18.2 Å². The van der Waals surface area contributed by atoms with Gasteiger partial charge in [0.15, 0.2) is 0 Å². The third kappa shape index (κ3) is 4.16. The van der Waals surface area contributed by atoms with Crippen molar-refractivity contribution in [3.8, 4) is 11.8 Å². The first kappa shape index (κ1) is 14.8. The molecule has 0 aliphatic heterocycles. The molecule has 4 heteroatoms. The second kappa shape index (κ2) is 7.22. The van der Waals surface area contributed by atoms with Gasteiger partial charge in [-0.2, -0.15) is 0 Å². The minimum absolute atomic E-state index is 0.183. The molecule has 0 saturated heterocycles. The van der Waals surface area contributed by atoms with Gasteiger partial charge in [-0.3, -0.25) is 4.79 Å². The smallest absolute Gasteiger partial charge is 0.252 e. The Morgan fingerprint density at radius 1 is 1.19 bits per heavy atom. The molecular formula is C17H15FN2O. The number of hydrogen-bond acceptors (Lipinski definition) is 2. The molecule has 0 aromatic heterocycles. The predicted molar refractivity (Wildman–Crippen MR) is 79.9 cm³/mol. The largest absolute Gasteiger partial charge is 0.348 e. The van der Waals surface area contributed by atoms with Crippen LogP contribution in [0, 0.1) is 17.7 Å². The first-order valence-electron chi connectivity index (χ1n) is 6.51. The van der Waals surface area contributed by atoms with Crippen LogP contribution in [0.5, 0.6) is 0 Å². The van der Waals surface area contributed by atoms with E-state index in [4.69, 9.17) is 5.73 Å². The van der Waals surface area contributed by atoms with Crippen molar-refractivity contribution in [3.63, 3.8) is 0 Å². The number of benzene rings is 2. The lowest BCUT2D eigenvalue weighted by molar-refractivity contribution is 0.0950. The Morgan fingerprint density at radius 3 is 2.67 bits per heavy atom. The van der Waals surface area contributed by atoms with Crippen molar-refractivity contribution in [3.05, 3.63) is 71.0 Å². The molecule has 1 amide bonds. The third-order valence-corrected chi connectivity index (χ3v) is 2.85. The van der Waals surface area contributed by atoms with Crippen LogP contribution in [-0.2, 0) is 6.54 Å². The normalized spacial score (nSPS) is 9.62. The number of carbonyl (C=O) groups excluding carboxylic acids is 1. The Morgan fingerprint density at radius 2 is 1.95 bits per heavy atom. The maximum Gasteiger partial charge on any atom is 0.252 e. The van der Waals surface area contributed by atoms with E-state index >= 15 is 0 Å². The molecule has 0 aliphatic carbocycles. The molecule has 0 fully saturated rings. The van der Waals surface area contributed by atoms with Crippen LogP contribution in [0.2, 0.25) is 0 Å². The van der Waals surface area contributed by atoms with Crippen LogP contribution in [0.4, 0.5) is 4.39 Å². The lowest BCUT2D eigenvalue weighted by Gasteiger charge is -2.07. The topological polar surface area (TPSA) is 55.1 Å². The molecule has 3 nitrogen and oxygen atoms in total. The van der Waals surface area contributed by atoms with Gasteiger partial charge < -0.3 is 11.1 Å². The first-order valence-corrected chi connectivity index (χ1v) is 6.51. The standard InChI is InChI=1S/C17H15FN2O/c18-15-9-8-14(7-4-10-19)16(11-15)17(21)20-12-13-5-2-1-3-6-13/h1-3,5-6,8-9,11H,10,12,19H2,(H,20,21). The fourth-order valence-electron chi connectivity index (χ4n) is 1.83. The maximum atomic E-state index is 13.3. The van der Waals surface area contributed by atoms with Crippen LogP contribution in [0.25, 0.3) is 0 Å². The molecular weight excluding hydrogens is 267 g/mol. The van der Waals surface area contributed by atoms with Crippen LogP contribution in [-0.4, -0.2) is 12.5 Å². The Hall–Kier alpha value is -2.64. The highest BCUT2D eigenvalue weighted by atomic mass is 19.1. The lowest BCUT2D eigenvalue weighted by Crippen LogP contribution is -2.23. The quantitative estimate of drug-likeness (QED) is 0.847. The monoisotopic (exact) mass is 282 g/mol. The van der Waals surface area contributed by atoms with Gasteiger partial charge in [0.1, 0.15) is 5.82 Å². The van der Waals surface area contributed by atoms with Crippen molar-refractivity contribution in [2.45, 2.75) is 6.54 Å². The summed E-state index contributed by atoms with van der Waals surface area (Å²) in [6.07, 6.45) is 0. The van der Waals surface area contributed by atoms with Gasteiger partial charge in [-0.1, -0.05) is 42.2 Å². The summed E-state index contributed by atoms with van der Waals surface area (Å²) in [4.78, 5) is 12.2. The van der Waals surface area contributed by atoms with Gasteiger partial charge in [-0.05, 0) is 23.8 Å². The molecule has 0 heterocycles. The van der Waals surface area contributed by atoms with E-state index in [1.807, 2.05) is 30.3 Å². The van der Waals surface area contributed by atoms with Gasteiger partial charge >= 0.3 is 0 Å². The summed E-state index contributed by atoms with van der Waals surface area (Å²) < 4.78 is 13.3. The minimum Gasteiger partial charge on any atom is -0.348 e. The summed E-state index contributed by atoms with van der Waals surface area (Å²) in [7, 11) is 0. The van der Waals surface area contributed by atoms with Crippen LogP contribution in [0.3, 0.4) is 0 Å². The molecule has 0 bridgehead atoms. The fourth-order valence-corrected chi connectivity index (χ4v) is 1.83. The van der Waals surface area contributed by atoms with Crippen molar-refractivity contribution >= 4 is 5.91 Å². The van der Waals surface area contributed by atoms with Crippen LogP contribution in [0.15, 0.2) is 48.5 Å². The van der Waals surface area contributed by atoms with Crippen LogP contribution >= 0.6 is 0 Å². The van der Waals surface area contributed by atoms with Crippen LogP contribution in [0.1, 0.15) is 21.5 Å². The highest BCUT2D eigenvalue weighted by molar-refractivity contribution is 5.96.